The van der Waals surface area contributed by atoms with Crippen molar-refractivity contribution in [3.63, 3.8) is 0 Å². The number of benzene rings is 2. The van der Waals surface area contributed by atoms with Crippen LogP contribution in [-0.2, 0) is 9.63 Å². The Kier molecular flexibility index (Phi) is 5.58. The number of carbonyl (C=O) groups excluding carboxylic acids is 2. The van der Waals surface area contributed by atoms with E-state index in [1.165, 1.54) is 36.4 Å². The van der Waals surface area contributed by atoms with Gasteiger partial charge in [0.1, 0.15) is 5.82 Å². The molecule has 168 valence electrons. The summed E-state index contributed by atoms with van der Waals surface area (Å²) in [7, 11) is 0. The Bertz CT molecular complexity index is 1130. The van der Waals surface area contributed by atoms with E-state index in [0.29, 0.717) is 29.3 Å². The summed E-state index contributed by atoms with van der Waals surface area (Å²) in [6, 6.07) is 10.2. The van der Waals surface area contributed by atoms with Crippen LogP contribution >= 0.6 is 23.2 Å². The first-order chi connectivity index (χ1) is 15.0. The summed E-state index contributed by atoms with van der Waals surface area (Å²) in [6.07, 6.45) is 1.78. The van der Waals surface area contributed by atoms with Gasteiger partial charge in [0.15, 0.2) is 0 Å². The van der Waals surface area contributed by atoms with Crippen LogP contribution in [0.25, 0.3) is 0 Å². The van der Waals surface area contributed by atoms with Gasteiger partial charge < -0.3 is 10.2 Å². The Hall–Kier alpha value is -2.44. The van der Waals surface area contributed by atoms with Crippen molar-refractivity contribution in [3.8, 4) is 0 Å². The van der Waals surface area contributed by atoms with E-state index in [2.05, 4.69) is 17.4 Å². The molecule has 2 aromatic carbocycles. The number of carbonyl (C=O) groups is 2. The maximum absolute atomic E-state index is 13.4. The number of anilines is 1. The summed E-state index contributed by atoms with van der Waals surface area (Å²) in [4.78, 5) is 31.2. The zero-order chi connectivity index (χ0) is 23.3. The molecule has 0 spiro atoms. The molecule has 1 amide bonds. The highest BCUT2D eigenvalue weighted by Crippen LogP contribution is 2.71. The first-order valence-electron chi connectivity index (χ1n) is 10.3. The Labute approximate surface area is 195 Å². The lowest BCUT2D eigenvalue weighted by Crippen LogP contribution is -2.43. The van der Waals surface area contributed by atoms with Crippen LogP contribution < -0.4 is 5.32 Å². The van der Waals surface area contributed by atoms with Crippen molar-refractivity contribution in [2.45, 2.75) is 40.0 Å². The normalized spacial score (nSPS) is 26.9. The molecule has 8 heteroatoms. The first kappa shape index (κ1) is 22.7. The maximum atomic E-state index is 13.4. The third kappa shape index (κ3) is 3.41. The fraction of sp³-hybridized carbons (Fsp3) is 0.375. The number of oxime groups is 1. The molecule has 0 aliphatic heterocycles. The monoisotopic (exact) mass is 476 g/mol. The second-order valence-electron chi connectivity index (χ2n) is 9.22. The largest absolute Gasteiger partial charge is 0.367 e. The number of rotatable bonds is 4. The second-order valence-corrected chi connectivity index (χ2v) is 10.1. The van der Waals surface area contributed by atoms with Crippen LogP contribution in [0.15, 0.2) is 47.6 Å². The smallest absolute Gasteiger partial charge is 0.326 e. The number of nitrogens with one attached hydrogen (secondary N) is 1. The average molecular weight is 477 g/mol. The molecule has 2 saturated carbocycles. The van der Waals surface area contributed by atoms with E-state index < -0.39 is 22.2 Å². The summed E-state index contributed by atoms with van der Waals surface area (Å²) in [6.45, 7) is 6.14. The maximum Gasteiger partial charge on any atom is 0.367 e. The minimum absolute atomic E-state index is 0.143. The minimum Gasteiger partial charge on any atom is -0.326 e. The lowest BCUT2D eigenvalue weighted by Gasteiger charge is -2.39. The lowest BCUT2D eigenvalue weighted by atomic mass is 9.64. The van der Waals surface area contributed by atoms with Gasteiger partial charge in [-0.15, -0.1) is 0 Å². The highest BCUT2D eigenvalue weighted by molar-refractivity contribution is 6.36. The standard InChI is InChI=1S/C24H23Cl2FN2O3/c1-22(2)23(3)10-11-24(22,21(31)28-16-7-5-15(27)6-8-16)13-19(23)29-32-20(30)17-9-4-14(25)12-18(17)26/h4-9,12H,10-11,13H2,1-3H3,(H,28,31). The number of hydrogen-bond donors (Lipinski definition) is 1. The van der Waals surface area contributed by atoms with Crippen LogP contribution in [0.3, 0.4) is 0 Å². The first-order valence-corrected chi connectivity index (χ1v) is 11.1. The van der Waals surface area contributed by atoms with Gasteiger partial charge in [0.25, 0.3) is 0 Å². The Morgan fingerprint density at radius 2 is 1.75 bits per heavy atom. The van der Waals surface area contributed by atoms with Crippen molar-refractivity contribution in [2.24, 2.45) is 21.4 Å². The highest BCUT2D eigenvalue weighted by atomic mass is 35.5. The number of nitrogens with zero attached hydrogens (tertiary/aromatic N) is 1. The zero-order valence-corrected chi connectivity index (χ0v) is 19.5. The molecule has 2 fully saturated rings. The van der Waals surface area contributed by atoms with Crippen LogP contribution in [0.2, 0.25) is 10.0 Å². The molecule has 0 aromatic heterocycles. The molecule has 0 heterocycles. The van der Waals surface area contributed by atoms with Crippen molar-refractivity contribution in [3.05, 3.63) is 63.9 Å². The third-order valence-corrected chi connectivity index (χ3v) is 8.21. The number of halogens is 3. The fourth-order valence-electron chi connectivity index (χ4n) is 5.11. The molecule has 2 unspecified atom stereocenters. The lowest BCUT2D eigenvalue weighted by molar-refractivity contribution is -0.130. The van der Waals surface area contributed by atoms with Crippen LogP contribution in [0, 0.1) is 22.1 Å². The summed E-state index contributed by atoms with van der Waals surface area (Å²) >= 11 is 12.0. The van der Waals surface area contributed by atoms with Crippen molar-refractivity contribution < 1.29 is 18.8 Å². The molecule has 2 atom stereocenters. The van der Waals surface area contributed by atoms with Gasteiger partial charge in [-0.25, -0.2) is 9.18 Å². The third-order valence-electron chi connectivity index (χ3n) is 7.66. The van der Waals surface area contributed by atoms with Gasteiger partial charge in [0, 0.05) is 22.5 Å². The van der Waals surface area contributed by atoms with Crippen LogP contribution in [-0.4, -0.2) is 17.6 Å². The van der Waals surface area contributed by atoms with Gasteiger partial charge in [-0.1, -0.05) is 49.1 Å². The van der Waals surface area contributed by atoms with Crippen molar-refractivity contribution in [1.82, 2.24) is 0 Å². The summed E-state index contributed by atoms with van der Waals surface area (Å²) < 4.78 is 13.2. The van der Waals surface area contributed by atoms with Crippen LogP contribution in [0.5, 0.6) is 0 Å². The minimum atomic E-state index is -0.723. The molecule has 4 rings (SSSR count). The Morgan fingerprint density at radius 1 is 1.06 bits per heavy atom. The Balaban J connectivity index is 1.59. The molecule has 2 bridgehead atoms. The van der Waals surface area contributed by atoms with E-state index in [-0.39, 0.29) is 22.3 Å². The van der Waals surface area contributed by atoms with E-state index in [1.54, 1.807) is 6.07 Å². The number of fused-ring (bicyclic) bond motifs is 2. The quantitative estimate of drug-likeness (QED) is 0.404. The molecule has 2 aliphatic rings. The van der Waals surface area contributed by atoms with Crippen molar-refractivity contribution >= 4 is 46.5 Å². The van der Waals surface area contributed by atoms with E-state index in [9.17, 15) is 14.0 Å². The van der Waals surface area contributed by atoms with E-state index in [4.69, 9.17) is 28.0 Å². The molecule has 5 nitrogen and oxygen atoms in total. The molecule has 1 N–H and O–H groups in total. The van der Waals surface area contributed by atoms with Gasteiger partial charge in [-0.05, 0) is 60.7 Å². The molecule has 2 aliphatic carbocycles. The molecule has 0 radical (unpaired) electrons. The summed E-state index contributed by atoms with van der Waals surface area (Å²) in [5.74, 6) is -1.20. The zero-order valence-electron chi connectivity index (χ0n) is 18.0. The van der Waals surface area contributed by atoms with Crippen molar-refractivity contribution in [2.75, 3.05) is 5.32 Å². The van der Waals surface area contributed by atoms with Crippen LogP contribution in [0.1, 0.15) is 50.4 Å². The van der Waals surface area contributed by atoms with Gasteiger partial charge in [0.2, 0.25) is 5.91 Å². The van der Waals surface area contributed by atoms with Crippen LogP contribution in [0.4, 0.5) is 10.1 Å². The Morgan fingerprint density at radius 3 is 2.41 bits per heavy atom. The van der Waals surface area contributed by atoms with E-state index in [1.807, 2.05) is 13.8 Å². The predicted octanol–water partition coefficient (Wildman–Crippen LogP) is 6.50. The summed E-state index contributed by atoms with van der Waals surface area (Å²) in [5.41, 5.74) is -0.216. The molecule has 0 saturated heterocycles. The number of amides is 1. The number of hydrogen-bond acceptors (Lipinski definition) is 4. The molecule has 2 aromatic rings. The summed E-state index contributed by atoms with van der Waals surface area (Å²) in [5, 5.41) is 7.72. The fourth-order valence-corrected chi connectivity index (χ4v) is 5.59. The van der Waals surface area contributed by atoms with Crippen molar-refractivity contribution in [1.29, 1.82) is 0 Å². The van der Waals surface area contributed by atoms with E-state index in [0.717, 1.165) is 6.42 Å². The van der Waals surface area contributed by atoms with Gasteiger partial charge in [0.05, 0.1) is 21.7 Å². The molecular formula is C24H23Cl2FN2O3. The SMILES string of the molecule is CC12CCC(C(=O)Nc3ccc(F)cc3)(CC1=NOC(=O)c1ccc(Cl)cc1Cl)C2(C)C. The van der Waals surface area contributed by atoms with Gasteiger partial charge in [-0.3, -0.25) is 4.79 Å². The van der Waals surface area contributed by atoms with Gasteiger partial charge in [-0.2, -0.15) is 0 Å². The van der Waals surface area contributed by atoms with Gasteiger partial charge >= 0.3 is 5.97 Å². The second kappa shape index (κ2) is 7.85. The molecular weight excluding hydrogens is 454 g/mol. The molecule has 32 heavy (non-hydrogen) atoms. The predicted molar refractivity (Wildman–Crippen MR) is 123 cm³/mol. The average Bonchev–Trinajstić information content (AvgIpc) is 3.04. The topological polar surface area (TPSA) is 67.8 Å². The highest BCUT2D eigenvalue weighted by Gasteiger charge is 2.71. The van der Waals surface area contributed by atoms with E-state index >= 15 is 0 Å².